The summed E-state index contributed by atoms with van der Waals surface area (Å²) in [4.78, 5) is 14.2. The zero-order chi connectivity index (χ0) is 16.2. The smallest absolute Gasteiger partial charge is 0.317 e. The van der Waals surface area contributed by atoms with Crippen molar-refractivity contribution < 1.29 is 4.79 Å². The summed E-state index contributed by atoms with van der Waals surface area (Å²) in [5, 5.41) is 3.90. The summed E-state index contributed by atoms with van der Waals surface area (Å²) in [6, 6.07) is 17.8. The average molecular weight is 329 g/mol. The van der Waals surface area contributed by atoms with Crippen molar-refractivity contribution in [1.29, 1.82) is 0 Å². The molecule has 1 saturated carbocycles. The number of carbonyl (C=O) groups excluding carboxylic acids is 1. The number of urea groups is 1. The highest BCUT2D eigenvalue weighted by molar-refractivity contribution is 6.30. The van der Waals surface area contributed by atoms with Gasteiger partial charge >= 0.3 is 6.03 Å². The predicted molar refractivity (Wildman–Crippen MR) is 93.4 cm³/mol. The van der Waals surface area contributed by atoms with Gasteiger partial charge in [0.05, 0.1) is 6.04 Å². The van der Waals surface area contributed by atoms with Crippen molar-refractivity contribution in [2.24, 2.45) is 5.92 Å². The first kappa shape index (κ1) is 15.9. The molecule has 1 aliphatic rings. The van der Waals surface area contributed by atoms with Crippen molar-refractivity contribution in [3.63, 3.8) is 0 Å². The second-order valence-electron chi connectivity index (χ2n) is 6.16. The average Bonchev–Trinajstić information content (AvgIpc) is 3.39. The van der Waals surface area contributed by atoms with E-state index in [0.29, 0.717) is 12.5 Å². The fourth-order valence-electron chi connectivity index (χ4n) is 2.75. The molecule has 3 nitrogen and oxygen atoms in total. The first-order valence-electron chi connectivity index (χ1n) is 7.94. The molecule has 0 spiro atoms. The number of nitrogens with one attached hydrogen (secondary N) is 1. The van der Waals surface area contributed by atoms with Gasteiger partial charge in [0, 0.05) is 18.6 Å². The van der Waals surface area contributed by atoms with Gasteiger partial charge in [-0.15, -0.1) is 0 Å². The summed E-state index contributed by atoms with van der Waals surface area (Å²) >= 11 is 5.96. The minimum Gasteiger partial charge on any atom is -0.331 e. The van der Waals surface area contributed by atoms with Crippen LogP contribution in [0.25, 0.3) is 0 Å². The molecule has 0 unspecified atom stereocenters. The minimum absolute atomic E-state index is 0.0410. The molecule has 1 N–H and O–H groups in total. The topological polar surface area (TPSA) is 32.3 Å². The first-order chi connectivity index (χ1) is 11.1. The maximum atomic E-state index is 12.5. The Morgan fingerprint density at radius 1 is 1.17 bits per heavy atom. The van der Waals surface area contributed by atoms with Crippen LogP contribution in [-0.2, 0) is 6.54 Å². The van der Waals surface area contributed by atoms with Gasteiger partial charge in [0.1, 0.15) is 0 Å². The molecule has 4 heteroatoms. The van der Waals surface area contributed by atoms with E-state index < -0.39 is 0 Å². The van der Waals surface area contributed by atoms with Crippen molar-refractivity contribution in [2.45, 2.75) is 25.4 Å². The van der Waals surface area contributed by atoms with Crippen LogP contribution in [0.3, 0.4) is 0 Å². The Hall–Kier alpha value is -2.00. The number of halogens is 1. The number of benzene rings is 2. The molecule has 1 fully saturated rings. The fourth-order valence-corrected chi connectivity index (χ4v) is 2.87. The zero-order valence-corrected chi connectivity index (χ0v) is 14.0. The molecule has 0 heterocycles. The second-order valence-corrected chi connectivity index (χ2v) is 6.59. The quantitative estimate of drug-likeness (QED) is 0.852. The molecular formula is C19H21ClN2O. The molecule has 0 aromatic heterocycles. The molecule has 2 amide bonds. The van der Waals surface area contributed by atoms with E-state index in [1.807, 2.05) is 61.6 Å². The summed E-state index contributed by atoms with van der Waals surface area (Å²) in [6.07, 6.45) is 2.33. The van der Waals surface area contributed by atoms with E-state index in [0.717, 1.165) is 29.0 Å². The van der Waals surface area contributed by atoms with Crippen LogP contribution in [0, 0.1) is 5.92 Å². The lowest BCUT2D eigenvalue weighted by Gasteiger charge is -2.24. The molecule has 3 rings (SSSR count). The van der Waals surface area contributed by atoms with E-state index in [9.17, 15) is 4.79 Å². The Morgan fingerprint density at radius 2 is 1.83 bits per heavy atom. The number of rotatable bonds is 5. The molecular weight excluding hydrogens is 308 g/mol. The van der Waals surface area contributed by atoms with Gasteiger partial charge in [0.25, 0.3) is 0 Å². The predicted octanol–water partition coefficient (Wildman–Crippen LogP) is 4.63. The highest BCUT2D eigenvalue weighted by Crippen LogP contribution is 2.41. The van der Waals surface area contributed by atoms with E-state index >= 15 is 0 Å². The first-order valence-corrected chi connectivity index (χ1v) is 8.32. The van der Waals surface area contributed by atoms with Crippen LogP contribution in [0.1, 0.15) is 30.0 Å². The summed E-state index contributed by atoms with van der Waals surface area (Å²) in [5.74, 6) is 0.533. The van der Waals surface area contributed by atoms with Gasteiger partial charge in [-0.25, -0.2) is 4.79 Å². The van der Waals surface area contributed by atoms with Gasteiger partial charge in [-0.2, -0.15) is 0 Å². The third-order valence-electron chi connectivity index (χ3n) is 4.21. The number of nitrogens with zero attached hydrogens (tertiary/aromatic N) is 1. The molecule has 120 valence electrons. The molecule has 0 saturated heterocycles. The van der Waals surface area contributed by atoms with E-state index in [1.165, 1.54) is 0 Å². The maximum Gasteiger partial charge on any atom is 0.317 e. The molecule has 2 aromatic carbocycles. The van der Waals surface area contributed by atoms with Crippen molar-refractivity contribution in [3.8, 4) is 0 Å². The number of hydrogen-bond acceptors (Lipinski definition) is 1. The van der Waals surface area contributed by atoms with E-state index in [2.05, 4.69) is 5.32 Å². The zero-order valence-electron chi connectivity index (χ0n) is 13.2. The summed E-state index contributed by atoms with van der Waals surface area (Å²) in [5.41, 5.74) is 2.25. The van der Waals surface area contributed by atoms with E-state index in [4.69, 9.17) is 11.6 Å². The SMILES string of the molecule is CN(Cc1ccccc1)C(=O)N[C@@H](c1ccc(Cl)cc1)C1CC1. The van der Waals surface area contributed by atoms with Crippen LogP contribution in [0.15, 0.2) is 54.6 Å². The minimum atomic E-state index is -0.0410. The van der Waals surface area contributed by atoms with Gasteiger partial charge in [-0.05, 0) is 42.0 Å². The van der Waals surface area contributed by atoms with Crippen molar-refractivity contribution in [2.75, 3.05) is 7.05 Å². The molecule has 0 radical (unpaired) electrons. The Morgan fingerprint density at radius 3 is 2.43 bits per heavy atom. The third kappa shape index (κ3) is 4.26. The highest BCUT2D eigenvalue weighted by Gasteiger charge is 2.33. The van der Waals surface area contributed by atoms with Crippen molar-refractivity contribution >= 4 is 17.6 Å². The Labute approximate surface area is 142 Å². The van der Waals surface area contributed by atoms with Crippen molar-refractivity contribution in [3.05, 3.63) is 70.7 Å². The fraction of sp³-hybridized carbons (Fsp3) is 0.316. The normalized spacial score (nSPS) is 15.0. The van der Waals surface area contributed by atoms with Gasteiger partial charge in [0.15, 0.2) is 0 Å². The summed E-state index contributed by atoms with van der Waals surface area (Å²) < 4.78 is 0. The number of hydrogen-bond donors (Lipinski definition) is 1. The monoisotopic (exact) mass is 328 g/mol. The lowest BCUT2D eigenvalue weighted by atomic mass is 10.0. The lowest BCUT2D eigenvalue weighted by Crippen LogP contribution is -2.39. The molecule has 0 bridgehead atoms. The van der Waals surface area contributed by atoms with Crippen LogP contribution in [-0.4, -0.2) is 18.0 Å². The molecule has 1 aliphatic carbocycles. The number of amides is 2. The van der Waals surface area contributed by atoms with Gasteiger partial charge in [0.2, 0.25) is 0 Å². The highest BCUT2D eigenvalue weighted by atomic mass is 35.5. The molecule has 23 heavy (non-hydrogen) atoms. The molecule has 2 aromatic rings. The van der Waals surface area contributed by atoms with Crippen LogP contribution in [0.4, 0.5) is 4.79 Å². The lowest BCUT2D eigenvalue weighted by molar-refractivity contribution is 0.201. The Kier molecular flexibility index (Phi) is 4.87. The molecule has 0 aliphatic heterocycles. The largest absolute Gasteiger partial charge is 0.331 e. The maximum absolute atomic E-state index is 12.5. The standard InChI is InChI=1S/C19H21ClN2O/c1-22(13-14-5-3-2-4-6-14)19(23)21-18(15-7-8-15)16-9-11-17(20)12-10-16/h2-6,9-12,15,18H,7-8,13H2,1H3,(H,21,23)/t18-/m1/s1. The van der Waals surface area contributed by atoms with E-state index in [-0.39, 0.29) is 12.1 Å². The van der Waals surface area contributed by atoms with Crippen LogP contribution in [0.5, 0.6) is 0 Å². The third-order valence-corrected chi connectivity index (χ3v) is 4.46. The summed E-state index contributed by atoms with van der Waals surface area (Å²) in [6.45, 7) is 0.602. The summed E-state index contributed by atoms with van der Waals surface area (Å²) in [7, 11) is 1.83. The van der Waals surface area contributed by atoms with Gasteiger partial charge in [-0.3, -0.25) is 0 Å². The Bertz CT molecular complexity index is 653. The second kappa shape index (κ2) is 7.05. The molecule has 1 atom stereocenters. The Balaban J connectivity index is 1.65. The van der Waals surface area contributed by atoms with Crippen LogP contribution < -0.4 is 5.32 Å². The van der Waals surface area contributed by atoms with Gasteiger partial charge in [-0.1, -0.05) is 54.1 Å². The van der Waals surface area contributed by atoms with Crippen LogP contribution >= 0.6 is 11.6 Å². The van der Waals surface area contributed by atoms with E-state index in [1.54, 1.807) is 4.90 Å². The van der Waals surface area contributed by atoms with Crippen LogP contribution in [0.2, 0.25) is 5.02 Å². The number of carbonyl (C=O) groups is 1. The van der Waals surface area contributed by atoms with Gasteiger partial charge < -0.3 is 10.2 Å². The van der Waals surface area contributed by atoms with Crippen molar-refractivity contribution in [1.82, 2.24) is 10.2 Å².